The third kappa shape index (κ3) is 4.26. The van der Waals surface area contributed by atoms with Crippen molar-refractivity contribution in [2.24, 2.45) is 5.92 Å². The topological polar surface area (TPSA) is 62.3 Å². The molecule has 5 nitrogen and oxygen atoms in total. The first-order valence-electron chi connectivity index (χ1n) is 7.05. The van der Waals surface area contributed by atoms with Gasteiger partial charge in [0, 0.05) is 31.5 Å². The summed E-state index contributed by atoms with van der Waals surface area (Å²) in [5.74, 6) is 0.391. The van der Waals surface area contributed by atoms with E-state index < -0.39 is 10.0 Å². The summed E-state index contributed by atoms with van der Waals surface area (Å²) < 4.78 is 24.8. The second kappa shape index (κ2) is 6.65. The van der Waals surface area contributed by atoms with E-state index in [1.165, 1.54) is 11.8 Å². The van der Waals surface area contributed by atoms with E-state index in [4.69, 9.17) is 0 Å². The van der Waals surface area contributed by atoms with Gasteiger partial charge in [-0.05, 0) is 49.9 Å². The fraction of sp³-hybridized carbons (Fsp3) is 0.643. The molecule has 1 aliphatic rings. The number of aromatic nitrogens is 1. The Morgan fingerprint density at radius 1 is 1.45 bits per heavy atom. The summed E-state index contributed by atoms with van der Waals surface area (Å²) in [6.45, 7) is 4.26. The molecular formula is C14H23N3O2S. The minimum atomic E-state index is -3.05. The summed E-state index contributed by atoms with van der Waals surface area (Å²) in [5, 5.41) is 3.49. The highest BCUT2D eigenvalue weighted by Crippen LogP contribution is 2.19. The van der Waals surface area contributed by atoms with Gasteiger partial charge in [0.25, 0.3) is 0 Å². The normalized spacial score (nSPS) is 22.6. The molecule has 0 spiro atoms. The molecule has 112 valence electrons. The van der Waals surface area contributed by atoms with Crippen molar-refractivity contribution in [3.63, 3.8) is 0 Å². The maximum Gasteiger partial charge on any atom is 0.211 e. The Morgan fingerprint density at radius 3 is 2.80 bits per heavy atom. The van der Waals surface area contributed by atoms with Crippen LogP contribution < -0.4 is 5.32 Å². The fourth-order valence-corrected chi connectivity index (χ4v) is 3.55. The van der Waals surface area contributed by atoms with E-state index >= 15 is 0 Å². The van der Waals surface area contributed by atoms with Crippen LogP contribution in [0.5, 0.6) is 0 Å². The van der Waals surface area contributed by atoms with Crippen LogP contribution in [0.25, 0.3) is 0 Å². The largest absolute Gasteiger partial charge is 0.310 e. The monoisotopic (exact) mass is 297 g/mol. The molecule has 1 unspecified atom stereocenters. The van der Waals surface area contributed by atoms with Gasteiger partial charge in [-0.3, -0.25) is 4.98 Å². The van der Waals surface area contributed by atoms with Gasteiger partial charge < -0.3 is 5.32 Å². The van der Waals surface area contributed by atoms with Crippen molar-refractivity contribution in [1.29, 1.82) is 0 Å². The summed E-state index contributed by atoms with van der Waals surface area (Å²) in [7, 11) is -3.05. The molecule has 0 saturated carbocycles. The van der Waals surface area contributed by atoms with Gasteiger partial charge in [0.05, 0.1) is 6.26 Å². The van der Waals surface area contributed by atoms with Crippen LogP contribution in [0.3, 0.4) is 0 Å². The van der Waals surface area contributed by atoms with Crippen molar-refractivity contribution < 1.29 is 8.42 Å². The number of pyridine rings is 1. The molecule has 20 heavy (non-hydrogen) atoms. The molecule has 1 fully saturated rings. The Balaban J connectivity index is 1.85. The second-order valence-electron chi connectivity index (χ2n) is 5.54. The maximum absolute atomic E-state index is 11.6. The summed E-state index contributed by atoms with van der Waals surface area (Å²) in [4.78, 5) is 4.01. The highest BCUT2D eigenvalue weighted by Gasteiger charge is 2.25. The SMILES string of the molecule is C[C@H](NCC1CCCN(S(C)(=O)=O)C1)c1ccncc1. The molecule has 1 aromatic rings. The fourth-order valence-electron chi connectivity index (χ4n) is 2.61. The Morgan fingerprint density at radius 2 is 2.15 bits per heavy atom. The van der Waals surface area contributed by atoms with Crippen LogP contribution in [0.1, 0.15) is 31.4 Å². The van der Waals surface area contributed by atoms with E-state index in [1.807, 2.05) is 12.1 Å². The number of sulfonamides is 1. The van der Waals surface area contributed by atoms with Crippen LogP contribution in [-0.2, 0) is 10.0 Å². The van der Waals surface area contributed by atoms with Crippen molar-refractivity contribution in [3.05, 3.63) is 30.1 Å². The molecule has 1 N–H and O–H groups in total. The standard InChI is InChI=1S/C14H23N3O2S/c1-12(14-5-7-15-8-6-14)16-10-13-4-3-9-17(11-13)20(2,18)19/h5-8,12-13,16H,3-4,9-11H2,1-2H3/t12-,13?/m0/s1. The molecular weight excluding hydrogens is 274 g/mol. The lowest BCUT2D eigenvalue weighted by atomic mass is 9.99. The predicted octanol–water partition coefficient (Wildman–Crippen LogP) is 1.40. The third-order valence-corrected chi connectivity index (χ3v) is 5.14. The number of hydrogen-bond acceptors (Lipinski definition) is 4. The molecule has 0 bridgehead atoms. The number of rotatable bonds is 5. The van der Waals surface area contributed by atoms with E-state index in [0.29, 0.717) is 19.0 Å². The van der Waals surface area contributed by atoms with Crippen molar-refractivity contribution >= 4 is 10.0 Å². The van der Waals surface area contributed by atoms with Gasteiger partial charge in [-0.25, -0.2) is 12.7 Å². The van der Waals surface area contributed by atoms with E-state index in [-0.39, 0.29) is 6.04 Å². The number of nitrogens with one attached hydrogen (secondary N) is 1. The van der Waals surface area contributed by atoms with Crippen LogP contribution in [0.4, 0.5) is 0 Å². The van der Waals surface area contributed by atoms with Gasteiger partial charge in [-0.1, -0.05) is 0 Å². The first kappa shape index (κ1) is 15.4. The second-order valence-corrected chi connectivity index (χ2v) is 7.52. The molecule has 2 heterocycles. The molecule has 2 atom stereocenters. The molecule has 2 rings (SSSR count). The van der Waals surface area contributed by atoms with Gasteiger partial charge in [0.2, 0.25) is 10.0 Å². The molecule has 0 radical (unpaired) electrons. The van der Waals surface area contributed by atoms with Crippen molar-refractivity contribution in [1.82, 2.24) is 14.6 Å². The van der Waals surface area contributed by atoms with E-state index in [0.717, 1.165) is 19.4 Å². The van der Waals surface area contributed by atoms with Crippen LogP contribution in [-0.4, -0.2) is 43.6 Å². The zero-order valence-corrected chi connectivity index (χ0v) is 12.9. The summed E-state index contributed by atoms with van der Waals surface area (Å²) in [6, 6.07) is 4.26. The van der Waals surface area contributed by atoms with Crippen molar-refractivity contribution in [2.45, 2.75) is 25.8 Å². The van der Waals surface area contributed by atoms with Gasteiger partial charge in [-0.15, -0.1) is 0 Å². The molecule has 0 aliphatic carbocycles. The van der Waals surface area contributed by atoms with Crippen LogP contribution >= 0.6 is 0 Å². The van der Waals surface area contributed by atoms with Crippen LogP contribution in [0.2, 0.25) is 0 Å². The zero-order chi connectivity index (χ0) is 14.6. The molecule has 0 aromatic carbocycles. The molecule has 6 heteroatoms. The minimum absolute atomic E-state index is 0.256. The number of hydrogen-bond donors (Lipinski definition) is 1. The highest BCUT2D eigenvalue weighted by atomic mass is 32.2. The van der Waals surface area contributed by atoms with Gasteiger partial charge in [0.1, 0.15) is 0 Å². The third-order valence-electron chi connectivity index (χ3n) is 3.87. The van der Waals surface area contributed by atoms with E-state index in [1.54, 1.807) is 16.7 Å². The summed E-state index contributed by atoms with van der Waals surface area (Å²) >= 11 is 0. The van der Waals surface area contributed by atoms with Gasteiger partial charge in [-0.2, -0.15) is 0 Å². The smallest absolute Gasteiger partial charge is 0.211 e. The average molecular weight is 297 g/mol. The Labute approximate surface area is 121 Å². The molecule has 1 saturated heterocycles. The first-order chi connectivity index (χ1) is 9.47. The number of nitrogens with zero attached hydrogens (tertiary/aromatic N) is 2. The van der Waals surface area contributed by atoms with Crippen LogP contribution in [0.15, 0.2) is 24.5 Å². The predicted molar refractivity (Wildman–Crippen MR) is 79.8 cm³/mol. The Hall–Kier alpha value is -0.980. The van der Waals surface area contributed by atoms with E-state index in [9.17, 15) is 8.42 Å². The molecule has 1 aliphatic heterocycles. The quantitative estimate of drug-likeness (QED) is 0.892. The lowest BCUT2D eigenvalue weighted by molar-refractivity contribution is 0.257. The van der Waals surface area contributed by atoms with Crippen molar-refractivity contribution in [2.75, 3.05) is 25.9 Å². The lowest BCUT2D eigenvalue weighted by Crippen LogP contribution is -2.42. The van der Waals surface area contributed by atoms with Crippen LogP contribution in [0, 0.1) is 5.92 Å². The lowest BCUT2D eigenvalue weighted by Gasteiger charge is -2.31. The maximum atomic E-state index is 11.6. The van der Waals surface area contributed by atoms with Crippen molar-refractivity contribution in [3.8, 4) is 0 Å². The molecule has 1 aromatic heterocycles. The first-order valence-corrected chi connectivity index (χ1v) is 8.90. The van der Waals surface area contributed by atoms with Gasteiger partial charge in [0.15, 0.2) is 0 Å². The van der Waals surface area contributed by atoms with Gasteiger partial charge >= 0.3 is 0 Å². The minimum Gasteiger partial charge on any atom is -0.310 e. The highest BCUT2D eigenvalue weighted by molar-refractivity contribution is 7.88. The number of piperidine rings is 1. The Bertz CT molecular complexity index is 518. The van der Waals surface area contributed by atoms with E-state index in [2.05, 4.69) is 17.2 Å². The average Bonchev–Trinajstić information content (AvgIpc) is 2.45. The zero-order valence-electron chi connectivity index (χ0n) is 12.1. The summed E-state index contributed by atoms with van der Waals surface area (Å²) in [5.41, 5.74) is 1.20. The Kier molecular flexibility index (Phi) is 5.12. The summed E-state index contributed by atoms with van der Waals surface area (Å²) in [6.07, 6.45) is 6.91. The molecule has 0 amide bonds.